The van der Waals surface area contributed by atoms with Gasteiger partial charge in [-0.15, -0.1) is 0 Å². The Kier molecular flexibility index (Phi) is 8.13. The molecule has 0 aromatic rings. The van der Waals surface area contributed by atoms with Crippen LogP contribution in [0.4, 0.5) is 0 Å². The molecule has 2 fully saturated rings. The second-order valence-electron chi connectivity index (χ2n) is 6.82. The zero-order chi connectivity index (χ0) is 17.3. The summed E-state index contributed by atoms with van der Waals surface area (Å²) >= 11 is 1.93. The number of rotatable bonds is 8. The number of thioether (sulfide) groups is 1. The van der Waals surface area contributed by atoms with Crippen molar-refractivity contribution >= 4 is 17.7 Å². The predicted octanol–water partition coefficient (Wildman–Crippen LogP) is 1.24. The maximum Gasteiger partial charge on any atom is 0.191 e. The SMILES string of the molecule is CCNC(=NCC1(CCO)CCOC1)NCC1(SC)CCOCC1. The number of hydrogen-bond acceptors (Lipinski definition) is 5. The van der Waals surface area contributed by atoms with Crippen LogP contribution >= 0.6 is 11.8 Å². The summed E-state index contributed by atoms with van der Waals surface area (Å²) in [6.45, 7) is 7.85. The number of hydrogen-bond donors (Lipinski definition) is 3. The van der Waals surface area contributed by atoms with E-state index in [1.165, 1.54) is 0 Å². The van der Waals surface area contributed by atoms with Crippen LogP contribution in [0.1, 0.15) is 32.6 Å². The van der Waals surface area contributed by atoms with Gasteiger partial charge in [-0.1, -0.05) is 0 Å². The van der Waals surface area contributed by atoms with Gasteiger partial charge in [0.2, 0.25) is 0 Å². The molecule has 1 atom stereocenters. The molecule has 0 aromatic carbocycles. The van der Waals surface area contributed by atoms with E-state index in [4.69, 9.17) is 14.5 Å². The van der Waals surface area contributed by atoms with E-state index in [-0.39, 0.29) is 16.8 Å². The predicted molar refractivity (Wildman–Crippen MR) is 99.9 cm³/mol. The molecule has 140 valence electrons. The van der Waals surface area contributed by atoms with Crippen LogP contribution in [0, 0.1) is 5.41 Å². The Balaban J connectivity index is 1.94. The van der Waals surface area contributed by atoms with E-state index < -0.39 is 0 Å². The summed E-state index contributed by atoms with van der Waals surface area (Å²) < 4.78 is 11.3. The Labute approximate surface area is 150 Å². The third kappa shape index (κ3) is 5.51. The topological polar surface area (TPSA) is 75.1 Å². The first-order valence-corrected chi connectivity index (χ1v) is 10.2. The van der Waals surface area contributed by atoms with Crippen molar-refractivity contribution in [3.8, 4) is 0 Å². The van der Waals surface area contributed by atoms with Crippen molar-refractivity contribution in [3.63, 3.8) is 0 Å². The summed E-state index contributed by atoms with van der Waals surface area (Å²) in [5.41, 5.74) is -0.00697. The smallest absolute Gasteiger partial charge is 0.191 e. The minimum Gasteiger partial charge on any atom is -0.396 e. The lowest BCUT2D eigenvalue weighted by Gasteiger charge is -2.36. The molecule has 7 heteroatoms. The van der Waals surface area contributed by atoms with Crippen LogP contribution in [0.25, 0.3) is 0 Å². The highest BCUT2D eigenvalue weighted by molar-refractivity contribution is 8.00. The average Bonchev–Trinajstić information content (AvgIpc) is 3.07. The highest BCUT2D eigenvalue weighted by Crippen LogP contribution is 2.34. The molecule has 24 heavy (non-hydrogen) atoms. The fourth-order valence-electron chi connectivity index (χ4n) is 3.32. The van der Waals surface area contributed by atoms with E-state index in [1.807, 2.05) is 11.8 Å². The van der Waals surface area contributed by atoms with Gasteiger partial charge in [0.25, 0.3) is 0 Å². The van der Waals surface area contributed by atoms with Gasteiger partial charge in [-0.05, 0) is 38.9 Å². The molecule has 0 saturated carbocycles. The van der Waals surface area contributed by atoms with Gasteiger partial charge >= 0.3 is 0 Å². The molecular formula is C17H33N3O3S. The molecule has 6 nitrogen and oxygen atoms in total. The number of aliphatic hydroxyl groups excluding tert-OH is 1. The molecule has 0 radical (unpaired) electrons. The zero-order valence-electron chi connectivity index (χ0n) is 15.1. The first kappa shape index (κ1) is 19.8. The Hall–Kier alpha value is -0.500. The van der Waals surface area contributed by atoms with Crippen LogP contribution < -0.4 is 10.6 Å². The second kappa shape index (κ2) is 9.85. The van der Waals surface area contributed by atoms with Gasteiger partial charge in [0.05, 0.1) is 13.2 Å². The van der Waals surface area contributed by atoms with Crippen LogP contribution in [-0.4, -0.2) is 74.7 Å². The minimum atomic E-state index is -0.00697. The molecule has 0 bridgehead atoms. The normalized spacial score (nSPS) is 27.2. The molecular weight excluding hydrogens is 326 g/mol. The molecule has 2 heterocycles. The highest BCUT2D eigenvalue weighted by Gasteiger charge is 2.35. The Morgan fingerprint density at radius 2 is 1.92 bits per heavy atom. The summed E-state index contributed by atoms with van der Waals surface area (Å²) in [5, 5.41) is 16.2. The first-order chi connectivity index (χ1) is 11.7. The number of ether oxygens (including phenoxy) is 2. The number of aliphatic hydroxyl groups is 1. The van der Waals surface area contributed by atoms with Crippen molar-refractivity contribution < 1.29 is 14.6 Å². The maximum atomic E-state index is 9.35. The van der Waals surface area contributed by atoms with Crippen LogP contribution in [0.5, 0.6) is 0 Å². The third-order valence-electron chi connectivity index (χ3n) is 5.16. The molecule has 0 spiro atoms. The van der Waals surface area contributed by atoms with Crippen LogP contribution in [0.15, 0.2) is 4.99 Å². The molecule has 1 unspecified atom stereocenters. The minimum absolute atomic E-state index is 0.00697. The van der Waals surface area contributed by atoms with Gasteiger partial charge in [-0.3, -0.25) is 4.99 Å². The molecule has 2 aliphatic rings. The lowest BCUT2D eigenvalue weighted by atomic mass is 9.84. The fraction of sp³-hybridized carbons (Fsp3) is 0.941. The Bertz CT molecular complexity index is 395. The van der Waals surface area contributed by atoms with E-state index >= 15 is 0 Å². The van der Waals surface area contributed by atoms with Gasteiger partial charge in [0.1, 0.15) is 0 Å². The standard InChI is InChI=1S/C17H33N3O3S/c1-3-18-15(19-12-16(4-8-21)5-9-23-14-16)20-13-17(24-2)6-10-22-11-7-17/h21H,3-14H2,1-2H3,(H2,18,19,20). The van der Waals surface area contributed by atoms with E-state index in [2.05, 4.69) is 23.8 Å². The summed E-state index contributed by atoms with van der Waals surface area (Å²) in [6.07, 6.45) is 6.06. The summed E-state index contributed by atoms with van der Waals surface area (Å²) in [6, 6.07) is 0. The second-order valence-corrected chi connectivity index (χ2v) is 8.10. The lowest BCUT2D eigenvalue weighted by molar-refractivity contribution is 0.0782. The summed E-state index contributed by atoms with van der Waals surface area (Å²) in [4.78, 5) is 4.80. The van der Waals surface area contributed by atoms with E-state index in [1.54, 1.807) is 0 Å². The molecule has 0 aliphatic carbocycles. The average molecular weight is 360 g/mol. The fourth-order valence-corrected chi connectivity index (χ4v) is 4.11. The molecule has 2 rings (SSSR count). The van der Waals surface area contributed by atoms with Crippen molar-refractivity contribution in [2.45, 2.75) is 37.4 Å². The van der Waals surface area contributed by atoms with Gasteiger partial charge in [0.15, 0.2) is 5.96 Å². The number of guanidine groups is 1. The largest absolute Gasteiger partial charge is 0.396 e. The van der Waals surface area contributed by atoms with Gasteiger partial charge in [-0.2, -0.15) is 11.8 Å². The Morgan fingerprint density at radius 3 is 2.50 bits per heavy atom. The van der Waals surface area contributed by atoms with Crippen molar-refractivity contribution in [1.29, 1.82) is 0 Å². The van der Waals surface area contributed by atoms with Crippen molar-refractivity contribution in [3.05, 3.63) is 0 Å². The van der Waals surface area contributed by atoms with Crippen molar-refractivity contribution in [2.75, 3.05) is 58.9 Å². The van der Waals surface area contributed by atoms with E-state index in [0.29, 0.717) is 13.2 Å². The van der Waals surface area contributed by atoms with Crippen LogP contribution in [0.3, 0.4) is 0 Å². The van der Waals surface area contributed by atoms with Crippen molar-refractivity contribution in [2.24, 2.45) is 10.4 Å². The van der Waals surface area contributed by atoms with Gasteiger partial charge in [-0.25, -0.2) is 0 Å². The van der Waals surface area contributed by atoms with Gasteiger partial charge < -0.3 is 25.2 Å². The third-order valence-corrected chi connectivity index (χ3v) is 6.58. The number of nitrogens with one attached hydrogen (secondary N) is 2. The van der Waals surface area contributed by atoms with Crippen molar-refractivity contribution in [1.82, 2.24) is 10.6 Å². The van der Waals surface area contributed by atoms with Gasteiger partial charge in [0, 0.05) is 49.7 Å². The molecule has 2 aliphatic heterocycles. The quantitative estimate of drug-likeness (QED) is 0.447. The molecule has 0 aromatic heterocycles. The highest BCUT2D eigenvalue weighted by atomic mass is 32.2. The van der Waals surface area contributed by atoms with Crippen LogP contribution in [0.2, 0.25) is 0 Å². The van der Waals surface area contributed by atoms with Crippen LogP contribution in [-0.2, 0) is 9.47 Å². The van der Waals surface area contributed by atoms with E-state index in [9.17, 15) is 5.11 Å². The lowest BCUT2D eigenvalue weighted by Crippen LogP contribution is -2.48. The summed E-state index contributed by atoms with van der Waals surface area (Å²) in [7, 11) is 0. The summed E-state index contributed by atoms with van der Waals surface area (Å²) in [5.74, 6) is 0.863. The monoisotopic (exact) mass is 359 g/mol. The molecule has 3 N–H and O–H groups in total. The Morgan fingerprint density at radius 1 is 1.17 bits per heavy atom. The number of nitrogens with zero attached hydrogens (tertiary/aromatic N) is 1. The van der Waals surface area contributed by atoms with E-state index in [0.717, 1.165) is 64.6 Å². The first-order valence-electron chi connectivity index (χ1n) is 9.01. The molecule has 2 saturated heterocycles. The maximum absolute atomic E-state index is 9.35. The zero-order valence-corrected chi connectivity index (χ0v) is 15.9. The molecule has 0 amide bonds. The number of aliphatic imine (C=N–C) groups is 1.